The van der Waals surface area contributed by atoms with E-state index in [2.05, 4.69) is 12.2 Å². The molecular formula is C13H16F3N. The first-order valence-electron chi connectivity index (χ1n) is 5.97. The quantitative estimate of drug-likeness (QED) is 0.824. The van der Waals surface area contributed by atoms with E-state index in [4.69, 9.17) is 0 Å². The standard InChI is InChI=1S/C13H16F3N/c1-8-3-2-4-10(5-8)17-13-11(15)6-9(14)7-12(13)16/h6-8,10,17H,2-5H2,1H3. The molecule has 2 unspecified atom stereocenters. The van der Waals surface area contributed by atoms with Gasteiger partial charge in [0.2, 0.25) is 0 Å². The van der Waals surface area contributed by atoms with Crippen molar-refractivity contribution in [1.82, 2.24) is 0 Å². The Morgan fingerprint density at radius 2 is 1.76 bits per heavy atom. The molecule has 2 rings (SSSR count). The highest BCUT2D eigenvalue weighted by molar-refractivity contribution is 5.47. The van der Waals surface area contributed by atoms with Crippen LogP contribution in [0, 0.1) is 23.4 Å². The molecule has 0 aliphatic heterocycles. The zero-order valence-electron chi connectivity index (χ0n) is 9.77. The molecule has 0 aromatic heterocycles. The molecule has 17 heavy (non-hydrogen) atoms. The van der Waals surface area contributed by atoms with Gasteiger partial charge in [0.05, 0.1) is 0 Å². The van der Waals surface area contributed by atoms with Gasteiger partial charge in [0.15, 0.2) is 11.6 Å². The molecule has 4 heteroatoms. The topological polar surface area (TPSA) is 12.0 Å². The summed E-state index contributed by atoms with van der Waals surface area (Å²) in [6.07, 6.45) is 4.02. The van der Waals surface area contributed by atoms with Gasteiger partial charge in [-0.25, -0.2) is 13.2 Å². The molecule has 0 bridgehead atoms. The first-order valence-corrected chi connectivity index (χ1v) is 5.97. The zero-order chi connectivity index (χ0) is 12.4. The fraction of sp³-hybridized carbons (Fsp3) is 0.538. The average Bonchev–Trinajstić information content (AvgIpc) is 2.23. The number of rotatable bonds is 2. The molecule has 0 spiro atoms. The molecule has 1 saturated carbocycles. The monoisotopic (exact) mass is 243 g/mol. The van der Waals surface area contributed by atoms with Crippen LogP contribution in [0.1, 0.15) is 32.6 Å². The maximum absolute atomic E-state index is 13.4. The molecule has 1 nitrogen and oxygen atoms in total. The van der Waals surface area contributed by atoms with Crippen LogP contribution in [0.3, 0.4) is 0 Å². The number of anilines is 1. The van der Waals surface area contributed by atoms with E-state index in [9.17, 15) is 13.2 Å². The van der Waals surface area contributed by atoms with Gasteiger partial charge in [-0.1, -0.05) is 19.8 Å². The largest absolute Gasteiger partial charge is 0.378 e. The first kappa shape index (κ1) is 12.3. The van der Waals surface area contributed by atoms with Gasteiger partial charge in [-0.05, 0) is 18.8 Å². The highest BCUT2D eigenvalue weighted by Gasteiger charge is 2.21. The third-order valence-electron chi connectivity index (χ3n) is 3.29. The zero-order valence-corrected chi connectivity index (χ0v) is 9.77. The number of hydrogen-bond donors (Lipinski definition) is 1. The van der Waals surface area contributed by atoms with Crippen molar-refractivity contribution >= 4 is 5.69 Å². The molecule has 94 valence electrons. The van der Waals surface area contributed by atoms with Gasteiger partial charge in [0.25, 0.3) is 0 Å². The predicted molar refractivity (Wildman–Crippen MR) is 61.4 cm³/mol. The smallest absolute Gasteiger partial charge is 0.152 e. The lowest BCUT2D eigenvalue weighted by atomic mass is 9.87. The lowest BCUT2D eigenvalue weighted by Crippen LogP contribution is -2.27. The highest BCUT2D eigenvalue weighted by atomic mass is 19.1. The number of nitrogens with one attached hydrogen (secondary N) is 1. The molecule has 1 N–H and O–H groups in total. The van der Waals surface area contributed by atoms with E-state index in [-0.39, 0.29) is 11.7 Å². The molecule has 1 aliphatic carbocycles. The number of hydrogen-bond acceptors (Lipinski definition) is 1. The van der Waals surface area contributed by atoms with E-state index in [1.807, 2.05) is 0 Å². The average molecular weight is 243 g/mol. The first-order chi connectivity index (χ1) is 8.06. The van der Waals surface area contributed by atoms with E-state index in [0.29, 0.717) is 18.1 Å². The summed E-state index contributed by atoms with van der Waals surface area (Å²) < 4.78 is 39.6. The summed E-state index contributed by atoms with van der Waals surface area (Å²) >= 11 is 0. The maximum Gasteiger partial charge on any atom is 0.152 e. The van der Waals surface area contributed by atoms with Crippen LogP contribution >= 0.6 is 0 Å². The summed E-state index contributed by atoms with van der Waals surface area (Å²) in [7, 11) is 0. The Labute approximate surface area is 99.0 Å². The van der Waals surface area contributed by atoms with Gasteiger partial charge in [-0.2, -0.15) is 0 Å². The van der Waals surface area contributed by atoms with Crippen molar-refractivity contribution in [1.29, 1.82) is 0 Å². The molecule has 1 aromatic carbocycles. The Morgan fingerprint density at radius 3 is 2.35 bits per heavy atom. The normalized spacial score (nSPS) is 24.7. The van der Waals surface area contributed by atoms with Crippen LogP contribution in [-0.4, -0.2) is 6.04 Å². The summed E-state index contributed by atoms with van der Waals surface area (Å²) in [6, 6.07) is 1.49. The fourth-order valence-electron chi connectivity index (χ4n) is 2.45. The van der Waals surface area contributed by atoms with E-state index in [0.717, 1.165) is 25.7 Å². The van der Waals surface area contributed by atoms with E-state index in [1.54, 1.807) is 0 Å². The van der Waals surface area contributed by atoms with Gasteiger partial charge in [-0.15, -0.1) is 0 Å². The second kappa shape index (κ2) is 4.98. The van der Waals surface area contributed by atoms with Crippen LogP contribution in [-0.2, 0) is 0 Å². The minimum Gasteiger partial charge on any atom is -0.378 e. The molecular weight excluding hydrogens is 227 g/mol. The van der Waals surface area contributed by atoms with Crippen LogP contribution in [0.2, 0.25) is 0 Å². The van der Waals surface area contributed by atoms with Crippen LogP contribution in [0.15, 0.2) is 12.1 Å². The lowest BCUT2D eigenvalue weighted by molar-refractivity contribution is 0.357. The van der Waals surface area contributed by atoms with Crippen molar-refractivity contribution in [3.8, 4) is 0 Å². The van der Waals surface area contributed by atoms with Gasteiger partial charge >= 0.3 is 0 Å². The van der Waals surface area contributed by atoms with Gasteiger partial charge < -0.3 is 5.32 Å². The van der Waals surface area contributed by atoms with Gasteiger partial charge in [0.1, 0.15) is 11.5 Å². The molecule has 1 aliphatic rings. The molecule has 0 saturated heterocycles. The van der Waals surface area contributed by atoms with Crippen molar-refractivity contribution in [3.05, 3.63) is 29.6 Å². The summed E-state index contributed by atoms with van der Waals surface area (Å²) in [5.41, 5.74) is -0.203. The predicted octanol–water partition coefficient (Wildman–Crippen LogP) is 4.09. The Balaban J connectivity index is 2.12. The van der Waals surface area contributed by atoms with E-state index < -0.39 is 17.5 Å². The molecule has 1 fully saturated rings. The second-order valence-electron chi connectivity index (χ2n) is 4.86. The highest BCUT2D eigenvalue weighted by Crippen LogP contribution is 2.28. The molecule has 0 amide bonds. The Bertz CT molecular complexity index is 383. The van der Waals surface area contributed by atoms with Crippen LogP contribution in [0.25, 0.3) is 0 Å². The molecule has 2 atom stereocenters. The maximum atomic E-state index is 13.4. The summed E-state index contributed by atoms with van der Waals surface area (Å²) in [5.74, 6) is -2.04. The molecule has 1 aromatic rings. The Hall–Kier alpha value is -1.19. The van der Waals surface area contributed by atoms with Crippen LogP contribution < -0.4 is 5.32 Å². The third kappa shape index (κ3) is 2.93. The van der Waals surface area contributed by atoms with Crippen molar-refractivity contribution in [3.63, 3.8) is 0 Å². The van der Waals surface area contributed by atoms with Crippen molar-refractivity contribution in [2.75, 3.05) is 5.32 Å². The SMILES string of the molecule is CC1CCCC(Nc2c(F)cc(F)cc2F)C1. The van der Waals surface area contributed by atoms with Crippen LogP contribution in [0.5, 0.6) is 0 Å². The third-order valence-corrected chi connectivity index (χ3v) is 3.29. The van der Waals surface area contributed by atoms with Gasteiger partial charge in [0, 0.05) is 18.2 Å². The Morgan fingerprint density at radius 1 is 1.12 bits per heavy atom. The second-order valence-corrected chi connectivity index (χ2v) is 4.86. The minimum atomic E-state index is -0.887. The lowest BCUT2D eigenvalue weighted by Gasteiger charge is -2.28. The number of benzene rings is 1. The fourth-order valence-corrected chi connectivity index (χ4v) is 2.45. The Kier molecular flexibility index (Phi) is 3.60. The molecule has 0 heterocycles. The summed E-state index contributed by atoms with van der Waals surface area (Å²) in [6.45, 7) is 2.13. The molecule has 0 radical (unpaired) electrons. The number of halogens is 3. The van der Waals surface area contributed by atoms with Crippen molar-refractivity contribution in [2.24, 2.45) is 5.92 Å². The van der Waals surface area contributed by atoms with E-state index >= 15 is 0 Å². The van der Waals surface area contributed by atoms with Crippen molar-refractivity contribution in [2.45, 2.75) is 38.6 Å². The van der Waals surface area contributed by atoms with Crippen LogP contribution in [0.4, 0.5) is 18.9 Å². The van der Waals surface area contributed by atoms with E-state index in [1.165, 1.54) is 0 Å². The van der Waals surface area contributed by atoms with Crippen molar-refractivity contribution < 1.29 is 13.2 Å². The van der Waals surface area contributed by atoms with Gasteiger partial charge in [-0.3, -0.25) is 0 Å². The summed E-state index contributed by atoms with van der Waals surface area (Å²) in [4.78, 5) is 0. The summed E-state index contributed by atoms with van der Waals surface area (Å²) in [5, 5.41) is 2.86. The minimum absolute atomic E-state index is 0.0770.